The number of phosphoric acid groups is 1. The molecule has 1 saturated heterocycles. The molecule has 0 aliphatic carbocycles. The molecule has 1 rings (SSSR count). The fraction of sp³-hybridized carbons (Fsp3) is 1.00. The Morgan fingerprint density at radius 3 is 2.62 bits per heavy atom. The van der Waals surface area contributed by atoms with Gasteiger partial charge in [0.1, 0.15) is 6.10 Å². The second-order valence-electron chi connectivity index (χ2n) is 3.24. The van der Waals surface area contributed by atoms with Crippen LogP contribution in [0.2, 0.25) is 0 Å². The maximum absolute atomic E-state index is 10.3. The summed E-state index contributed by atoms with van der Waals surface area (Å²) in [5, 5.41) is 0. The van der Waals surface area contributed by atoms with Crippen molar-refractivity contribution in [3.05, 3.63) is 0 Å². The van der Waals surface area contributed by atoms with E-state index in [0.29, 0.717) is 0 Å². The van der Waals surface area contributed by atoms with E-state index in [4.69, 9.17) is 19.3 Å². The van der Waals surface area contributed by atoms with Gasteiger partial charge in [-0.05, 0) is 13.8 Å². The van der Waals surface area contributed by atoms with E-state index in [1.54, 1.807) is 13.8 Å². The molecule has 0 spiro atoms. The van der Waals surface area contributed by atoms with E-state index in [-0.39, 0.29) is 13.2 Å². The molecule has 0 aromatic carbocycles. The lowest BCUT2D eigenvalue weighted by molar-refractivity contribution is -0.142. The predicted octanol–water partition coefficient (Wildman–Crippen LogP) is 0.247. The average molecular weight is 212 g/mol. The Kier molecular flexibility index (Phi) is 3.12. The van der Waals surface area contributed by atoms with Crippen LogP contribution >= 0.6 is 7.82 Å². The van der Waals surface area contributed by atoms with Crippen molar-refractivity contribution in [3.63, 3.8) is 0 Å². The molecule has 1 aliphatic rings. The Hall–Kier alpha value is 0.0300. The van der Waals surface area contributed by atoms with Crippen LogP contribution in [0.25, 0.3) is 0 Å². The molecular weight excluding hydrogens is 199 g/mol. The molecule has 1 fully saturated rings. The summed E-state index contributed by atoms with van der Waals surface area (Å²) >= 11 is 0. The van der Waals surface area contributed by atoms with Crippen molar-refractivity contribution in [2.24, 2.45) is 0 Å². The van der Waals surface area contributed by atoms with Gasteiger partial charge in [-0.2, -0.15) is 0 Å². The lowest BCUT2D eigenvalue weighted by atomic mass is 10.4. The molecule has 1 aliphatic heterocycles. The Bertz CT molecular complexity index is 221. The predicted molar refractivity (Wildman–Crippen MR) is 42.9 cm³/mol. The smallest absolute Gasteiger partial charge is 0.348 e. The van der Waals surface area contributed by atoms with Crippen LogP contribution in [0.5, 0.6) is 0 Å². The van der Waals surface area contributed by atoms with E-state index in [1.807, 2.05) is 0 Å². The van der Waals surface area contributed by atoms with Gasteiger partial charge in [0, 0.05) is 0 Å². The topological polar surface area (TPSA) is 85.2 Å². The highest BCUT2D eigenvalue weighted by Crippen LogP contribution is 2.36. The second-order valence-corrected chi connectivity index (χ2v) is 4.48. The third kappa shape index (κ3) is 4.17. The number of ether oxygens (including phenoxy) is 2. The molecule has 1 atom stereocenters. The van der Waals surface area contributed by atoms with Gasteiger partial charge in [-0.1, -0.05) is 0 Å². The van der Waals surface area contributed by atoms with E-state index >= 15 is 0 Å². The standard InChI is InChI=1S/C6H13O6P/c1-6(2)10-3-5(12-6)4-11-13(7,8)9/h5H,3-4H2,1-2H3,(H2,7,8,9). The highest BCUT2D eigenvalue weighted by atomic mass is 31.2. The first kappa shape index (κ1) is 11.1. The van der Waals surface area contributed by atoms with Gasteiger partial charge in [0.25, 0.3) is 0 Å². The Morgan fingerprint density at radius 2 is 2.23 bits per heavy atom. The van der Waals surface area contributed by atoms with Gasteiger partial charge < -0.3 is 19.3 Å². The van der Waals surface area contributed by atoms with Crippen molar-refractivity contribution in [2.75, 3.05) is 13.2 Å². The van der Waals surface area contributed by atoms with Crippen LogP contribution in [0.1, 0.15) is 13.8 Å². The van der Waals surface area contributed by atoms with Crippen molar-refractivity contribution in [1.29, 1.82) is 0 Å². The molecule has 0 amide bonds. The van der Waals surface area contributed by atoms with Gasteiger partial charge in [0.15, 0.2) is 5.79 Å². The number of rotatable bonds is 3. The molecule has 13 heavy (non-hydrogen) atoms. The maximum Gasteiger partial charge on any atom is 0.469 e. The molecular formula is C6H13O6P. The zero-order valence-corrected chi connectivity index (χ0v) is 8.36. The van der Waals surface area contributed by atoms with E-state index in [1.165, 1.54) is 0 Å². The van der Waals surface area contributed by atoms with E-state index in [0.717, 1.165) is 0 Å². The van der Waals surface area contributed by atoms with Crippen LogP contribution in [0.4, 0.5) is 0 Å². The van der Waals surface area contributed by atoms with Crippen molar-refractivity contribution in [1.82, 2.24) is 0 Å². The summed E-state index contributed by atoms with van der Waals surface area (Å²) in [5.74, 6) is -0.692. The number of phosphoric ester groups is 1. The minimum Gasteiger partial charge on any atom is -0.348 e. The highest BCUT2D eigenvalue weighted by Gasteiger charge is 2.33. The molecule has 7 heteroatoms. The molecule has 0 aromatic heterocycles. The molecule has 78 valence electrons. The van der Waals surface area contributed by atoms with Crippen molar-refractivity contribution in [2.45, 2.75) is 25.7 Å². The molecule has 6 nitrogen and oxygen atoms in total. The SMILES string of the molecule is CC1(C)OCC(COP(=O)(O)O)O1. The van der Waals surface area contributed by atoms with Crippen LogP contribution in [0.15, 0.2) is 0 Å². The largest absolute Gasteiger partial charge is 0.469 e. The van der Waals surface area contributed by atoms with Gasteiger partial charge in [0.05, 0.1) is 13.2 Å². The van der Waals surface area contributed by atoms with Crippen LogP contribution in [0, 0.1) is 0 Å². The maximum atomic E-state index is 10.3. The summed E-state index contributed by atoms with van der Waals surface area (Å²) in [4.78, 5) is 16.8. The second kappa shape index (κ2) is 3.65. The zero-order valence-electron chi connectivity index (χ0n) is 7.47. The first-order valence-corrected chi connectivity index (χ1v) is 5.33. The molecule has 1 unspecified atom stereocenters. The Balaban J connectivity index is 2.30. The van der Waals surface area contributed by atoms with Gasteiger partial charge >= 0.3 is 7.82 Å². The first-order valence-electron chi connectivity index (χ1n) is 3.80. The highest BCUT2D eigenvalue weighted by molar-refractivity contribution is 7.46. The minimum atomic E-state index is -4.40. The Labute approximate surface area is 76.0 Å². The monoisotopic (exact) mass is 212 g/mol. The molecule has 0 radical (unpaired) electrons. The van der Waals surface area contributed by atoms with Crippen molar-refractivity contribution >= 4 is 7.82 Å². The van der Waals surface area contributed by atoms with E-state index < -0.39 is 19.7 Å². The lowest BCUT2D eigenvalue weighted by Gasteiger charge is -2.17. The minimum absolute atomic E-state index is 0.159. The van der Waals surface area contributed by atoms with Crippen LogP contribution in [-0.4, -0.2) is 34.9 Å². The fourth-order valence-corrected chi connectivity index (χ4v) is 1.39. The third-order valence-electron chi connectivity index (χ3n) is 1.50. The molecule has 0 saturated carbocycles. The number of hydrogen-bond donors (Lipinski definition) is 2. The third-order valence-corrected chi connectivity index (χ3v) is 1.98. The normalized spacial score (nSPS) is 27.8. The summed E-state index contributed by atoms with van der Waals surface area (Å²) in [6.07, 6.45) is -0.414. The summed E-state index contributed by atoms with van der Waals surface area (Å²) in [5.41, 5.74) is 0. The average Bonchev–Trinajstić information content (AvgIpc) is 2.24. The van der Waals surface area contributed by atoms with E-state index in [9.17, 15) is 4.57 Å². The molecule has 0 aromatic rings. The molecule has 1 heterocycles. The summed E-state index contributed by atoms with van der Waals surface area (Å²) in [7, 11) is -4.40. The molecule has 2 N–H and O–H groups in total. The zero-order chi connectivity index (χ0) is 10.1. The molecule has 0 bridgehead atoms. The van der Waals surface area contributed by atoms with Gasteiger partial charge in [0.2, 0.25) is 0 Å². The van der Waals surface area contributed by atoms with Crippen molar-refractivity contribution < 1.29 is 28.3 Å². The van der Waals surface area contributed by atoms with Crippen LogP contribution in [0.3, 0.4) is 0 Å². The first-order chi connectivity index (χ1) is 5.79. The quantitative estimate of drug-likeness (QED) is 0.652. The summed E-state index contributed by atoms with van der Waals surface area (Å²) in [6, 6.07) is 0. The van der Waals surface area contributed by atoms with E-state index in [2.05, 4.69) is 4.52 Å². The summed E-state index contributed by atoms with van der Waals surface area (Å²) < 4.78 is 25.0. The number of hydrogen-bond acceptors (Lipinski definition) is 4. The van der Waals surface area contributed by atoms with Crippen molar-refractivity contribution in [3.8, 4) is 0 Å². The van der Waals surface area contributed by atoms with Crippen LogP contribution < -0.4 is 0 Å². The van der Waals surface area contributed by atoms with Gasteiger partial charge in [-0.15, -0.1) is 0 Å². The van der Waals surface area contributed by atoms with Crippen LogP contribution in [-0.2, 0) is 18.6 Å². The summed E-state index contributed by atoms with van der Waals surface area (Å²) in [6.45, 7) is 3.58. The Morgan fingerprint density at radius 1 is 1.62 bits per heavy atom. The lowest BCUT2D eigenvalue weighted by Crippen LogP contribution is -2.23. The van der Waals surface area contributed by atoms with Gasteiger partial charge in [-0.3, -0.25) is 4.52 Å². The van der Waals surface area contributed by atoms with Gasteiger partial charge in [-0.25, -0.2) is 4.57 Å². The fourth-order valence-electron chi connectivity index (χ4n) is 1.03.